The molecule has 2 fully saturated rings. The molecule has 0 saturated carbocycles. The highest BCUT2D eigenvalue weighted by Gasteiger charge is 2.26. The maximum Gasteiger partial charge on any atom is 0.127 e. The molecule has 0 amide bonds. The number of hydrogen-bond donors (Lipinski definition) is 0. The molecule has 4 heteroatoms. The first kappa shape index (κ1) is 20.0. The van der Waals surface area contributed by atoms with Crippen molar-refractivity contribution in [2.45, 2.75) is 31.5 Å². The quantitative estimate of drug-likeness (QED) is 0.262. The summed E-state index contributed by atoms with van der Waals surface area (Å²) in [5.41, 5.74) is 9.21. The van der Waals surface area contributed by atoms with Gasteiger partial charge in [0.15, 0.2) is 0 Å². The summed E-state index contributed by atoms with van der Waals surface area (Å²) < 4.78 is 22.6. The van der Waals surface area contributed by atoms with E-state index in [9.17, 15) is 0 Å². The average Bonchev–Trinajstić information content (AvgIpc) is 3.75. The van der Waals surface area contributed by atoms with Gasteiger partial charge in [0.25, 0.3) is 0 Å². The van der Waals surface area contributed by atoms with Crippen molar-refractivity contribution < 1.29 is 18.9 Å². The van der Waals surface area contributed by atoms with Gasteiger partial charge in [-0.05, 0) is 58.7 Å². The van der Waals surface area contributed by atoms with Crippen LogP contribution in [0.2, 0.25) is 0 Å². The van der Waals surface area contributed by atoms with Crippen LogP contribution in [0.3, 0.4) is 0 Å². The van der Waals surface area contributed by atoms with Gasteiger partial charge in [-0.15, -0.1) is 0 Å². The maximum absolute atomic E-state index is 6.29. The second-order valence-corrected chi connectivity index (χ2v) is 8.90. The highest BCUT2D eigenvalue weighted by Crippen LogP contribution is 2.43. The maximum atomic E-state index is 6.29. The molecule has 3 aromatic carbocycles. The Morgan fingerprint density at radius 3 is 2.38 bits per heavy atom. The summed E-state index contributed by atoms with van der Waals surface area (Å²) in [4.78, 5) is 0. The van der Waals surface area contributed by atoms with Crippen LogP contribution >= 0.6 is 0 Å². The van der Waals surface area contributed by atoms with Gasteiger partial charge >= 0.3 is 0 Å². The number of hydrogen-bond acceptors (Lipinski definition) is 4. The third-order valence-electron chi connectivity index (χ3n) is 6.47. The molecule has 2 saturated heterocycles. The lowest BCUT2D eigenvalue weighted by Gasteiger charge is -2.16. The van der Waals surface area contributed by atoms with Crippen LogP contribution in [0.5, 0.6) is 5.75 Å². The Hall–Kier alpha value is -2.66. The topological polar surface area (TPSA) is 43.5 Å². The minimum atomic E-state index is 0.232. The van der Waals surface area contributed by atoms with Crippen LogP contribution in [0.15, 0.2) is 60.7 Å². The molecule has 0 bridgehead atoms. The molecule has 32 heavy (non-hydrogen) atoms. The molecule has 2 atom stereocenters. The van der Waals surface area contributed by atoms with Crippen molar-refractivity contribution in [3.8, 4) is 28.0 Å². The van der Waals surface area contributed by atoms with Gasteiger partial charge < -0.3 is 18.9 Å². The Labute approximate surface area is 189 Å². The number of benzene rings is 3. The van der Waals surface area contributed by atoms with Crippen molar-refractivity contribution in [1.82, 2.24) is 0 Å². The Bertz CT molecular complexity index is 1110. The molecular weight excluding hydrogens is 400 g/mol. The summed E-state index contributed by atoms with van der Waals surface area (Å²) in [6.07, 6.45) is 3.50. The molecule has 0 aromatic heterocycles. The molecule has 164 valence electrons. The molecular formula is C28H28O4. The van der Waals surface area contributed by atoms with E-state index in [1.165, 1.54) is 38.9 Å². The smallest absolute Gasteiger partial charge is 0.127 e. The third kappa shape index (κ3) is 4.31. The Morgan fingerprint density at radius 2 is 1.53 bits per heavy atom. The molecule has 2 unspecified atom stereocenters. The molecule has 3 aliphatic rings. The van der Waals surface area contributed by atoms with Crippen molar-refractivity contribution in [3.63, 3.8) is 0 Å². The van der Waals surface area contributed by atoms with Crippen LogP contribution in [0.4, 0.5) is 0 Å². The fraction of sp³-hybridized carbons (Fsp3) is 0.357. The highest BCUT2D eigenvalue weighted by atomic mass is 16.6. The van der Waals surface area contributed by atoms with Gasteiger partial charge in [0.1, 0.15) is 24.6 Å². The van der Waals surface area contributed by atoms with E-state index < -0.39 is 0 Å². The predicted octanol–water partition coefficient (Wildman–Crippen LogP) is 5.05. The van der Waals surface area contributed by atoms with Crippen LogP contribution in [0, 0.1) is 0 Å². The fourth-order valence-electron chi connectivity index (χ4n) is 4.58. The first-order chi connectivity index (χ1) is 15.8. The van der Waals surface area contributed by atoms with Gasteiger partial charge in [-0.3, -0.25) is 0 Å². The van der Waals surface area contributed by atoms with E-state index in [0.29, 0.717) is 12.7 Å². The fourth-order valence-corrected chi connectivity index (χ4v) is 4.58. The molecule has 2 heterocycles. The molecule has 4 nitrogen and oxygen atoms in total. The predicted molar refractivity (Wildman–Crippen MR) is 124 cm³/mol. The number of epoxide rings is 2. The van der Waals surface area contributed by atoms with E-state index in [-0.39, 0.29) is 6.10 Å². The monoisotopic (exact) mass is 428 g/mol. The van der Waals surface area contributed by atoms with Crippen molar-refractivity contribution in [1.29, 1.82) is 0 Å². The molecule has 2 aliphatic heterocycles. The Morgan fingerprint density at radius 1 is 0.781 bits per heavy atom. The minimum absolute atomic E-state index is 0.232. The van der Waals surface area contributed by atoms with Gasteiger partial charge in [0, 0.05) is 12.2 Å². The van der Waals surface area contributed by atoms with Crippen LogP contribution in [0.25, 0.3) is 22.3 Å². The highest BCUT2D eigenvalue weighted by molar-refractivity contribution is 5.86. The summed E-state index contributed by atoms with van der Waals surface area (Å²) >= 11 is 0. The van der Waals surface area contributed by atoms with Gasteiger partial charge in [-0.25, -0.2) is 0 Å². The van der Waals surface area contributed by atoms with Gasteiger partial charge in [-0.1, -0.05) is 54.6 Å². The zero-order chi connectivity index (χ0) is 21.3. The van der Waals surface area contributed by atoms with E-state index in [1.54, 1.807) is 0 Å². The Balaban J connectivity index is 1.25. The lowest BCUT2D eigenvalue weighted by atomic mass is 9.94. The van der Waals surface area contributed by atoms with E-state index >= 15 is 0 Å². The summed E-state index contributed by atoms with van der Waals surface area (Å²) in [5, 5.41) is 0. The van der Waals surface area contributed by atoms with Crippen molar-refractivity contribution >= 4 is 0 Å². The molecule has 1 aliphatic carbocycles. The van der Waals surface area contributed by atoms with Gasteiger partial charge in [-0.2, -0.15) is 0 Å². The summed E-state index contributed by atoms with van der Waals surface area (Å²) in [6.45, 7) is 3.73. The largest absolute Gasteiger partial charge is 0.490 e. The van der Waals surface area contributed by atoms with Crippen LogP contribution in [0.1, 0.15) is 23.1 Å². The van der Waals surface area contributed by atoms with Crippen molar-refractivity contribution in [2.24, 2.45) is 0 Å². The molecule has 3 aromatic rings. The first-order valence-electron chi connectivity index (χ1n) is 11.6. The second-order valence-electron chi connectivity index (χ2n) is 8.90. The standard InChI is InChI=1S/C28H28O4/c1-2-7-23-20(6-1)14-27-24(23)8-3-9-25(27)26-11-10-19(5-4-12-29-15-21-16-30-21)13-28(26)32-18-22-17-31-22/h1-3,6-11,13,21-22H,4-5,12,14-18H2. The van der Waals surface area contributed by atoms with E-state index in [1.807, 2.05) is 0 Å². The van der Waals surface area contributed by atoms with Gasteiger partial charge in [0.05, 0.1) is 19.8 Å². The zero-order valence-electron chi connectivity index (χ0n) is 18.2. The number of aryl methyl sites for hydroxylation is 1. The molecule has 0 N–H and O–H groups in total. The van der Waals surface area contributed by atoms with Crippen LogP contribution in [-0.4, -0.2) is 45.2 Å². The summed E-state index contributed by atoms with van der Waals surface area (Å²) in [7, 11) is 0. The molecule has 6 rings (SSSR count). The van der Waals surface area contributed by atoms with E-state index in [4.69, 9.17) is 18.9 Å². The van der Waals surface area contributed by atoms with Crippen LogP contribution < -0.4 is 4.74 Å². The lowest BCUT2D eigenvalue weighted by molar-refractivity contribution is 0.114. The van der Waals surface area contributed by atoms with Gasteiger partial charge in [0.2, 0.25) is 0 Å². The first-order valence-corrected chi connectivity index (χ1v) is 11.6. The average molecular weight is 429 g/mol. The van der Waals surface area contributed by atoms with Crippen LogP contribution in [-0.2, 0) is 27.1 Å². The van der Waals surface area contributed by atoms with E-state index in [2.05, 4.69) is 60.7 Å². The van der Waals surface area contributed by atoms with Crippen molar-refractivity contribution in [2.75, 3.05) is 33.0 Å². The number of fused-ring (bicyclic) bond motifs is 3. The number of ether oxygens (including phenoxy) is 4. The normalized spacial score (nSPS) is 20.0. The number of rotatable bonds is 10. The van der Waals surface area contributed by atoms with Crippen molar-refractivity contribution in [3.05, 3.63) is 77.4 Å². The van der Waals surface area contributed by atoms with E-state index in [0.717, 1.165) is 51.4 Å². The molecule has 0 radical (unpaired) electrons. The Kier molecular flexibility index (Phi) is 5.43. The SMILES string of the molecule is c1ccc2c(c1)Cc1c-2cccc1-c1ccc(CCCOCC2CO2)cc1OCC1CO1. The third-order valence-corrected chi connectivity index (χ3v) is 6.47. The second kappa shape index (κ2) is 8.70. The lowest BCUT2D eigenvalue weighted by Crippen LogP contribution is -2.06. The zero-order valence-corrected chi connectivity index (χ0v) is 18.2. The molecule has 0 spiro atoms. The summed E-state index contributed by atoms with van der Waals surface area (Å²) in [6, 6.07) is 22.0. The minimum Gasteiger partial charge on any atom is -0.490 e. The summed E-state index contributed by atoms with van der Waals surface area (Å²) in [5.74, 6) is 0.953.